The molecular weight excluding hydrogens is 402 g/mol. The molecule has 0 radical (unpaired) electrons. The molecule has 0 spiro atoms. The van der Waals surface area contributed by atoms with Gasteiger partial charge in [0.1, 0.15) is 0 Å². The fourth-order valence-corrected chi connectivity index (χ4v) is 4.39. The molecule has 0 fully saturated rings. The molecular formula is C21H27N5O3S. The Balaban J connectivity index is 1.84. The van der Waals surface area contributed by atoms with Crippen molar-refractivity contribution in [3.8, 4) is 0 Å². The maximum atomic E-state index is 12.8. The zero-order valence-corrected chi connectivity index (χ0v) is 18.9. The first kappa shape index (κ1) is 21.9. The van der Waals surface area contributed by atoms with Gasteiger partial charge in [-0.15, -0.1) is 0 Å². The normalized spacial score (nSPS) is 12.3. The van der Waals surface area contributed by atoms with Gasteiger partial charge >= 0.3 is 0 Å². The molecule has 0 aliphatic rings. The van der Waals surface area contributed by atoms with Gasteiger partial charge in [0.2, 0.25) is 10.0 Å². The molecule has 0 saturated carbocycles. The summed E-state index contributed by atoms with van der Waals surface area (Å²) in [6.45, 7) is 9.44. The number of carbonyl (C=O) groups excluding carboxylic acids is 1. The van der Waals surface area contributed by atoms with Crippen LogP contribution >= 0.6 is 0 Å². The number of benzene rings is 1. The van der Waals surface area contributed by atoms with Gasteiger partial charge in [0.15, 0.2) is 5.65 Å². The maximum Gasteiger partial charge on any atom is 0.257 e. The Morgan fingerprint density at radius 1 is 1.13 bits per heavy atom. The third-order valence-electron chi connectivity index (χ3n) is 5.01. The fourth-order valence-electron chi connectivity index (χ4n) is 3.03. The largest absolute Gasteiger partial charge is 0.322 e. The number of pyridine rings is 1. The maximum absolute atomic E-state index is 12.8. The van der Waals surface area contributed by atoms with E-state index in [-0.39, 0.29) is 22.9 Å². The number of nitrogens with zero attached hydrogens (tertiary/aromatic N) is 4. The summed E-state index contributed by atoms with van der Waals surface area (Å²) in [4.78, 5) is 17.5. The third kappa shape index (κ3) is 4.08. The Kier molecular flexibility index (Phi) is 5.96. The molecule has 0 aliphatic carbocycles. The van der Waals surface area contributed by atoms with Gasteiger partial charge in [-0.25, -0.2) is 18.1 Å². The summed E-state index contributed by atoms with van der Waals surface area (Å²) in [5.74, 6) is -0.311. The van der Waals surface area contributed by atoms with E-state index in [1.54, 1.807) is 38.4 Å². The smallest absolute Gasteiger partial charge is 0.257 e. The van der Waals surface area contributed by atoms with Crippen LogP contribution in [0.1, 0.15) is 49.8 Å². The van der Waals surface area contributed by atoms with Crippen LogP contribution in [0.25, 0.3) is 11.0 Å². The summed E-state index contributed by atoms with van der Waals surface area (Å²) in [5, 5.41) is 7.94. The first-order valence-corrected chi connectivity index (χ1v) is 11.2. The van der Waals surface area contributed by atoms with Crippen molar-refractivity contribution in [2.75, 3.05) is 12.4 Å². The number of rotatable bonds is 6. The van der Waals surface area contributed by atoms with E-state index in [1.807, 2.05) is 32.4 Å². The van der Waals surface area contributed by atoms with Gasteiger partial charge in [0.25, 0.3) is 5.91 Å². The molecule has 0 atom stereocenters. The number of amides is 1. The quantitative estimate of drug-likeness (QED) is 0.646. The van der Waals surface area contributed by atoms with Gasteiger partial charge in [-0.3, -0.25) is 4.79 Å². The highest BCUT2D eigenvalue weighted by Crippen LogP contribution is 2.22. The first-order chi connectivity index (χ1) is 14.0. The van der Waals surface area contributed by atoms with Crippen LogP contribution in [-0.2, 0) is 10.0 Å². The second kappa shape index (κ2) is 8.16. The highest BCUT2D eigenvalue weighted by Gasteiger charge is 2.23. The molecule has 1 N–H and O–H groups in total. The molecule has 2 heterocycles. The third-order valence-corrected chi connectivity index (χ3v) is 7.06. The van der Waals surface area contributed by atoms with Gasteiger partial charge in [0, 0.05) is 30.2 Å². The monoisotopic (exact) mass is 429 g/mol. The van der Waals surface area contributed by atoms with Gasteiger partial charge in [-0.2, -0.15) is 9.40 Å². The summed E-state index contributed by atoms with van der Waals surface area (Å²) in [5.41, 5.74) is 2.29. The van der Waals surface area contributed by atoms with Crippen LogP contribution in [0.5, 0.6) is 0 Å². The first-order valence-electron chi connectivity index (χ1n) is 9.76. The van der Waals surface area contributed by atoms with Gasteiger partial charge in [0.05, 0.1) is 22.3 Å². The lowest BCUT2D eigenvalue weighted by atomic mass is 10.1. The van der Waals surface area contributed by atoms with Crippen LogP contribution in [-0.4, -0.2) is 46.5 Å². The van der Waals surface area contributed by atoms with Crippen molar-refractivity contribution in [1.82, 2.24) is 19.1 Å². The Hall–Kier alpha value is -2.78. The molecule has 8 nitrogen and oxygen atoms in total. The molecule has 0 saturated heterocycles. The van der Waals surface area contributed by atoms with Gasteiger partial charge in [-0.05, 0) is 65.0 Å². The second-order valence-electron chi connectivity index (χ2n) is 7.81. The van der Waals surface area contributed by atoms with Crippen molar-refractivity contribution in [2.24, 2.45) is 0 Å². The van der Waals surface area contributed by atoms with E-state index in [0.717, 1.165) is 11.0 Å². The van der Waals surface area contributed by atoms with Crippen LogP contribution in [0.4, 0.5) is 5.69 Å². The molecule has 0 bridgehead atoms. The van der Waals surface area contributed by atoms with E-state index in [9.17, 15) is 13.2 Å². The standard InChI is InChI=1S/C21H27N5O3S/c1-13(2)25(6)30(28,29)18-9-7-17(8-10-18)24-21(27)19-11-16-12-22-26(14(3)4)20(16)23-15(19)5/h7-14H,1-6H3,(H,24,27). The fraction of sp³-hybridized carbons (Fsp3) is 0.381. The predicted octanol–water partition coefficient (Wildman–Crippen LogP) is 3.60. The zero-order chi connectivity index (χ0) is 22.2. The Bertz CT molecular complexity index is 1180. The second-order valence-corrected chi connectivity index (χ2v) is 9.81. The lowest BCUT2D eigenvalue weighted by Gasteiger charge is -2.21. The SMILES string of the molecule is Cc1nc2c(cnn2C(C)C)cc1C(=O)Nc1ccc(S(=O)(=O)N(C)C(C)C)cc1. The molecule has 30 heavy (non-hydrogen) atoms. The summed E-state index contributed by atoms with van der Waals surface area (Å²) >= 11 is 0. The Labute approximate surface area is 177 Å². The molecule has 1 amide bonds. The molecule has 160 valence electrons. The van der Waals surface area contributed by atoms with Crippen molar-refractivity contribution >= 4 is 32.7 Å². The summed E-state index contributed by atoms with van der Waals surface area (Å²) in [7, 11) is -2.03. The Morgan fingerprint density at radius 2 is 1.77 bits per heavy atom. The van der Waals surface area contributed by atoms with Crippen LogP contribution in [0, 0.1) is 6.92 Å². The molecule has 0 aliphatic heterocycles. The van der Waals surface area contributed by atoms with E-state index in [4.69, 9.17) is 0 Å². The van der Waals surface area contributed by atoms with Crippen molar-refractivity contribution in [2.45, 2.75) is 51.6 Å². The number of aromatic nitrogens is 3. The van der Waals surface area contributed by atoms with Crippen LogP contribution < -0.4 is 5.32 Å². The van der Waals surface area contributed by atoms with Crippen LogP contribution in [0.2, 0.25) is 0 Å². The summed E-state index contributed by atoms with van der Waals surface area (Å²) in [6.07, 6.45) is 1.70. The zero-order valence-electron chi connectivity index (χ0n) is 18.0. The average molecular weight is 430 g/mol. The molecule has 2 aromatic heterocycles. The minimum Gasteiger partial charge on any atom is -0.322 e. The molecule has 0 unspecified atom stereocenters. The summed E-state index contributed by atoms with van der Waals surface area (Å²) < 4.78 is 28.3. The summed E-state index contributed by atoms with van der Waals surface area (Å²) in [6, 6.07) is 7.93. The molecule has 9 heteroatoms. The number of anilines is 1. The number of sulfonamides is 1. The van der Waals surface area contributed by atoms with Crippen molar-refractivity contribution in [3.05, 3.63) is 47.8 Å². The lowest BCUT2D eigenvalue weighted by Crippen LogP contribution is -2.33. The van der Waals surface area contributed by atoms with Crippen molar-refractivity contribution in [1.29, 1.82) is 0 Å². The number of carbonyl (C=O) groups is 1. The van der Waals surface area contributed by atoms with Crippen LogP contribution in [0.3, 0.4) is 0 Å². The number of fused-ring (bicyclic) bond motifs is 1. The van der Waals surface area contributed by atoms with E-state index in [1.165, 1.54) is 16.4 Å². The number of hydrogen-bond donors (Lipinski definition) is 1. The minimum absolute atomic E-state index is 0.153. The molecule has 3 rings (SSSR count). The average Bonchev–Trinajstić information content (AvgIpc) is 3.09. The van der Waals surface area contributed by atoms with E-state index in [0.29, 0.717) is 16.9 Å². The number of nitrogens with one attached hydrogen (secondary N) is 1. The van der Waals surface area contributed by atoms with E-state index < -0.39 is 10.0 Å². The molecule has 1 aromatic carbocycles. The predicted molar refractivity (Wildman–Crippen MR) is 117 cm³/mol. The number of hydrogen-bond acceptors (Lipinski definition) is 5. The topological polar surface area (TPSA) is 97.2 Å². The Morgan fingerprint density at radius 3 is 2.33 bits per heavy atom. The van der Waals surface area contributed by atoms with Crippen molar-refractivity contribution in [3.63, 3.8) is 0 Å². The highest BCUT2D eigenvalue weighted by atomic mass is 32.2. The van der Waals surface area contributed by atoms with E-state index in [2.05, 4.69) is 15.4 Å². The lowest BCUT2D eigenvalue weighted by molar-refractivity contribution is 0.102. The minimum atomic E-state index is -3.57. The van der Waals surface area contributed by atoms with Gasteiger partial charge < -0.3 is 5.32 Å². The van der Waals surface area contributed by atoms with Gasteiger partial charge in [-0.1, -0.05) is 0 Å². The van der Waals surface area contributed by atoms with Crippen LogP contribution in [0.15, 0.2) is 41.4 Å². The number of aryl methyl sites for hydroxylation is 1. The van der Waals surface area contributed by atoms with E-state index >= 15 is 0 Å². The highest BCUT2D eigenvalue weighted by molar-refractivity contribution is 7.89. The van der Waals surface area contributed by atoms with Crippen molar-refractivity contribution < 1.29 is 13.2 Å². The molecule has 3 aromatic rings.